The van der Waals surface area contributed by atoms with Crippen LogP contribution in [0.3, 0.4) is 0 Å². The molecular formula is C38H22O2. The molecule has 0 radical (unpaired) electrons. The molecule has 2 aromatic heterocycles. The van der Waals surface area contributed by atoms with Crippen molar-refractivity contribution in [2.45, 2.75) is 0 Å². The molecule has 0 atom stereocenters. The predicted molar refractivity (Wildman–Crippen MR) is 167 cm³/mol. The summed E-state index contributed by atoms with van der Waals surface area (Å²) in [5.74, 6) is 0. The van der Waals surface area contributed by atoms with E-state index < -0.39 is 0 Å². The van der Waals surface area contributed by atoms with Gasteiger partial charge >= 0.3 is 0 Å². The van der Waals surface area contributed by atoms with Crippen molar-refractivity contribution in [1.82, 2.24) is 0 Å². The Morgan fingerprint density at radius 3 is 1.18 bits per heavy atom. The highest BCUT2D eigenvalue weighted by Crippen LogP contribution is 2.39. The van der Waals surface area contributed by atoms with Crippen molar-refractivity contribution in [2.24, 2.45) is 0 Å². The maximum atomic E-state index is 6.29. The molecule has 2 heteroatoms. The zero-order valence-corrected chi connectivity index (χ0v) is 21.5. The summed E-state index contributed by atoms with van der Waals surface area (Å²) < 4.78 is 12.6. The maximum Gasteiger partial charge on any atom is 0.139 e. The minimum atomic E-state index is 0.840. The van der Waals surface area contributed by atoms with E-state index >= 15 is 0 Å². The Labute approximate surface area is 229 Å². The summed E-state index contributed by atoms with van der Waals surface area (Å²) in [6.45, 7) is 0. The molecule has 0 bridgehead atoms. The van der Waals surface area contributed by atoms with Gasteiger partial charge < -0.3 is 8.83 Å². The molecule has 9 aromatic rings. The second-order valence-corrected chi connectivity index (χ2v) is 10.6. The minimum Gasteiger partial charge on any atom is -0.456 e. The highest BCUT2D eigenvalue weighted by Gasteiger charge is 2.15. The van der Waals surface area contributed by atoms with Crippen LogP contribution < -0.4 is 0 Å². The van der Waals surface area contributed by atoms with E-state index in [4.69, 9.17) is 8.83 Å². The van der Waals surface area contributed by atoms with Gasteiger partial charge in [-0.2, -0.15) is 0 Å². The summed E-state index contributed by atoms with van der Waals surface area (Å²) in [5, 5.41) is 9.41. The van der Waals surface area contributed by atoms with Gasteiger partial charge in [0, 0.05) is 27.6 Å². The van der Waals surface area contributed by atoms with Crippen LogP contribution in [0.5, 0.6) is 0 Å². The Hall–Kier alpha value is -5.34. The normalized spacial score (nSPS) is 12.0. The van der Waals surface area contributed by atoms with E-state index in [1.54, 1.807) is 0 Å². The van der Waals surface area contributed by atoms with E-state index in [0.29, 0.717) is 0 Å². The Balaban J connectivity index is 1.22. The van der Waals surface area contributed by atoms with Crippen LogP contribution in [0.25, 0.3) is 87.7 Å². The summed E-state index contributed by atoms with van der Waals surface area (Å²) in [6, 6.07) is 47.5. The van der Waals surface area contributed by atoms with Crippen LogP contribution in [0.15, 0.2) is 142 Å². The van der Waals surface area contributed by atoms with Crippen LogP contribution in [0.2, 0.25) is 0 Å². The van der Waals surface area contributed by atoms with Gasteiger partial charge in [-0.25, -0.2) is 0 Å². The van der Waals surface area contributed by atoms with Crippen molar-refractivity contribution in [3.8, 4) is 22.3 Å². The van der Waals surface area contributed by atoms with Gasteiger partial charge in [-0.15, -0.1) is 0 Å². The lowest BCUT2D eigenvalue weighted by Gasteiger charge is -2.05. The first-order valence-corrected chi connectivity index (χ1v) is 13.6. The van der Waals surface area contributed by atoms with Gasteiger partial charge in [0.25, 0.3) is 0 Å². The Morgan fingerprint density at radius 2 is 0.675 bits per heavy atom. The third-order valence-corrected chi connectivity index (χ3v) is 8.23. The topological polar surface area (TPSA) is 26.3 Å². The Kier molecular flexibility index (Phi) is 4.36. The first-order valence-electron chi connectivity index (χ1n) is 13.6. The van der Waals surface area contributed by atoms with Crippen molar-refractivity contribution in [3.63, 3.8) is 0 Å². The third kappa shape index (κ3) is 3.23. The van der Waals surface area contributed by atoms with Gasteiger partial charge in [-0.05, 0) is 86.3 Å². The maximum absolute atomic E-state index is 6.29. The van der Waals surface area contributed by atoms with Gasteiger partial charge in [-0.3, -0.25) is 0 Å². The summed E-state index contributed by atoms with van der Waals surface area (Å²) in [6.07, 6.45) is 0. The van der Waals surface area contributed by atoms with Crippen molar-refractivity contribution < 1.29 is 8.83 Å². The zero-order valence-electron chi connectivity index (χ0n) is 21.5. The van der Waals surface area contributed by atoms with Crippen molar-refractivity contribution in [3.05, 3.63) is 133 Å². The van der Waals surface area contributed by atoms with E-state index in [-0.39, 0.29) is 0 Å². The largest absolute Gasteiger partial charge is 0.456 e. The molecule has 9 rings (SSSR count). The molecule has 0 saturated carbocycles. The van der Waals surface area contributed by atoms with Gasteiger partial charge in [0.15, 0.2) is 0 Å². The average molecular weight is 511 g/mol. The minimum absolute atomic E-state index is 0.840. The van der Waals surface area contributed by atoms with Crippen LogP contribution in [0, 0.1) is 0 Å². The summed E-state index contributed by atoms with van der Waals surface area (Å²) in [7, 11) is 0. The molecular weight excluding hydrogens is 488 g/mol. The molecule has 0 aliphatic rings. The van der Waals surface area contributed by atoms with Gasteiger partial charge in [0.2, 0.25) is 0 Å². The number of furan rings is 2. The number of fused-ring (bicyclic) bond motifs is 8. The molecule has 0 aliphatic heterocycles. The van der Waals surface area contributed by atoms with E-state index in [0.717, 1.165) is 43.9 Å². The molecule has 0 amide bonds. The highest BCUT2D eigenvalue weighted by atomic mass is 16.3. The van der Waals surface area contributed by atoms with Crippen LogP contribution in [0.1, 0.15) is 0 Å². The average Bonchev–Trinajstić information content (AvgIpc) is 3.55. The molecule has 0 saturated heterocycles. The second-order valence-electron chi connectivity index (χ2n) is 10.6. The number of rotatable bonds is 2. The monoisotopic (exact) mass is 510 g/mol. The van der Waals surface area contributed by atoms with E-state index in [1.807, 2.05) is 6.07 Å². The van der Waals surface area contributed by atoms with Crippen molar-refractivity contribution in [2.75, 3.05) is 0 Å². The van der Waals surface area contributed by atoms with E-state index in [1.165, 1.54) is 43.8 Å². The van der Waals surface area contributed by atoms with E-state index in [2.05, 4.69) is 127 Å². The summed E-state index contributed by atoms with van der Waals surface area (Å²) >= 11 is 0. The smallest absolute Gasteiger partial charge is 0.139 e. The highest BCUT2D eigenvalue weighted by molar-refractivity contribution is 6.16. The summed E-state index contributed by atoms with van der Waals surface area (Å²) in [5.41, 5.74) is 8.20. The van der Waals surface area contributed by atoms with E-state index in [9.17, 15) is 0 Å². The molecule has 0 aliphatic carbocycles. The number of hydrogen-bond acceptors (Lipinski definition) is 2. The molecule has 0 spiro atoms. The van der Waals surface area contributed by atoms with Crippen molar-refractivity contribution >= 4 is 65.4 Å². The lowest BCUT2D eigenvalue weighted by Crippen LogP contribution is -1.80. The molecule has 2 heterocycles. The fourth-order valence-corrected chi connectivity index (χ4v) is 6.14. The zero-order chi connectivity index (χ0) is 26.2. The molecule has 0 fully saturated rings. The quantitative estimate of drug-likeness (QED) is 0.231. The third-order valence-electron chi connectivity index (χ3n) is 8.23. The van der Waals surface area contributed by atoms with Gasteiger partial charge in [-0.1, -0.05) is 84.9 Å². The van der Waals surface area contributed by atoms with Gasteiger partial charge in [0.05, 0.1) is 0 Å². The molecule has 186 valence electrons. The van der Waals surface area contributed by atoms with Gasteiger partial charge in [0.1, 0.15) is 22.3 Å². The fourth-order valence-electron chi connectivity index (χ4n) is 6.14. The fraction of sp³-hybridized carbons (Fsp3) is 0. The van der Waals surface area contributed by atoms with Crippen LogP contribution in [-0.2, 0) is 0 Å². The SMILES string of the molecule is c1ccc2cc(-c3ccc4oc5cc6oc7ccc(-c8ccc9ccccc9c8)cc7c6cc5c4c3)ccc2c1. The molecule has 7 aromatic carbocycles. The lowest BCUT2D eigenvalue weighted by atomic mass is 9.98. The molecule has 0 N–H and O–H groups in total. The predicted octanol–water partition coefficient (Wildman–Crippen LogP) is 11.1. The Bertz CT molecular complexity index is 2270. The van der Waals surface area contributed by atoms with Crippen molar-refractivity contribution in [1.29, 1.82) is 0 Å². The van der Waals surface area contributed by atoms with Crippen LogP contribution in [-0.4, -0.2) is 0 Å². The lowest BCUT2D eigenvalue weighted by molar-refractivity contribution is 0.656. The molecule has 0 unspecified atom stereocenters. The van der Waals surface area contributed by atoms with Crippen LogP contribution >= 0.6 is 0 Å². The Morgan fingerprint density at radius 1 is 0.275 bits per heavy atom. The number of hydrogen-bond donors (Lipinski definition) is 0. The van der Waals surface area contributed by atoms with Crippen LogP contribution in [0.4, 0.5) is 0 Å². The molecule has 2 nitrogen and oxygen atoms in total. The number of benzene rings is 7. The first-order chi connectivity index (χ1) is 19.8. The summed E-state index contributed by atoms with van der Waals surface area (Å²) in [4.78, 5) is 0. The second kappa shape index (κ2) is 8.08. The molecule has 40 heavy (non-hydrogen) atoms. The first kappa shape index (κ1) is 21.6. The standard InChI is InChI=1S/C38H22O2/c1-3-7-25-17-27(11-9-23(25)5-1)29-13-15-35-31(19-29)33-21-34-32-20-30(14-16-36(32)40-38(34)22-37(33)39-35)28-12-10-24-6-2-4-8-26(24)18-28/h1-22H.